The van der Waals surface area contributed by atoms with Crippen molar-refractivity contribution in [3.63, 3.8) is 0 Å². The molecule has 25 heavy (non-hydrogen) atoms. The zero-order valence-electron chi connectivity index (χ0n) is 13.9. The molecule has 0 atom stereocenters. The molecule has 0 unspecified atom stereocenters. The first-order valence-electron chi connectivity index (χ1n) is 7.79. The van der Waals surface area contributed by atoms with Gasteiger partial charge >= 0.3 is 0 Å². The van der Waals surface area contributed by atoms with Crippen LogP contribution < -0.4 is 5.32 Å². The standard InChI is InChI=1S/C19H17Cl2N3O/c1-12-6-7-14(10-13(12)2)19(25)22-18-8-9-24(23-18)11-15-16(20)4-3-5-17(15)21/h3-10H,11H2,1-2H3,(H,22,23,25). The van der Waals surface area contributed by atoms with Gasteiger partial charge in [0.25, 0.3) is 5.91 Å². The second-order valence-electron chi connectivity index (χ2n) is 5.85. The van der Waals surface area contributed by atoms with E-state index in [0.29, 0.717) is 28.0 Å². The van der Waals surface area contributed by atoms with E-state index < -0.39 is 0 Å². The number of carbonyl (C=O) groups excluding carboxylic acids is 1. The molecular weight excluding hydrogens is 357 g/mol. The molecule has 1 amide bonds. The minimum Gasteiger partial charge on any atom is -0.305 e. The fourth-order valence-corrected chi connectivity index (χ4v) is 2.95. The number of carbonyl (C=O) groups is 1. The van der Waals surface area contributed by atoms with Crippen LogP contribution in [0.3, 0.4) is 0 Å². The summed E-state index contributed by atoms with van der Waals surface area (Å²) in [6, 6.07) is 12.7. The smallest absolute Gasteiger partial charge is 0.256 e. The summed E-state index contributed by atoms with van der Waals surface area (Å²) in [5.74, 6) is 0.288. The number of benzene rings is 2. The Hall–Kier alpha value is -2.30. The fourth-order valence-electron chi connectivity index (χ4n) is 2.43. The lowest BCUT2D eigenvalue weighted by atomic mass is 10.1. The first-order chi connectivity index (χ1) is 11.9. The molecule has 1 aromatic heterocycles. The van der Waals surface area contributed by atoms with Gasteiger partial charge in [0.2, 0.25) is 0 Å². The highest BCUT2D eigenvalue weighted by atomic mass is 35.5. The molecule has 3 aromatic rings. The first-order valence-corrected chi connectivity index (χ1v) is 8.54. The van der Waals surface area contributed by atoms with E-state index in [-0.39, 0.29) is 5.91 Å². The Labute approximate surface area is 156 Å². The molecule has 0 fully saturated rings. The third-order valence-corrected chi connectivity index (χ3v) is 4.74. The van der Waals surface area contributed by atoms with Gasteiger partial charge in [0.1, 0.15) is 0 Å². The van der Waals surface area contributed by atoms with Crippen LogP contribution in [0, 0.1) is 13.8 Å². The minimum absolute atomic E-state index is 0.191. The fraction of sp³-hybridized carbons (Fsp3) is 0.158. The number of nitrogens with one attached hydrogen (secondary N) is 1. The molecule has 0 saturated carbocycles. The van der Waals surface area contributed by atoms with Crippen molar-refractivity contribution in [2.75, 3.05) is 5.32 Å². The van der Waals surface area contributed by atoms with Crippen molar-refractivity contribution in [3.05, 3.63) is 81.0 Å². The summed E-state index contributed by atoms with van der Waals surface area (Å²) in [6.45, 7) is 4.42. The van der Waals surface area contributed by atoms with Gasteiger partial charge in [-0.3, -0.25) is 9.48 Å². The zero-order chi connectivity index (χ0) is 18.0. The van der Waals surface area contributed by atoms with Crippen LogP contribution in [0.25, 0.3) is 0 Å². The summed E-state index contributed by atoms with van der Waals surface area (Å²) in [4.78, 5) is 12.4. The lowest BCUT2D eigenvalue weighted by Gasteiger charge is -2.07. The average molecular weight is 374 g/mol. The van der Waals surface area contributed by atoms with Gasteiger partial charge in [-0.05, 0) is 49.2 Å². The molecular formula is C19H17Cl2N3O. The van der Waals surface area contributed by atoms with Crippen LogP contribution in [0.1, 0.15) is 27.0 Å². The molecule has 0 aliphatic rings. The van der Waals surface area contributed by atoms with Crippen LogP contribution in [0.2, 0.25) is 10.0 Å². The van der Waals surface area contributed by atoms with E-state index in [0.717, 1.165) is 16.7 Å². The van der Waals surface area contributed by atoms with Crippen molar-refractivity contribution in [1.82, 2.24) is 9.78 Å². The quantitative estimate of drug-likeness (QED) is 0.690. The maximum absolute atomic E-state index is 12.4. The summed E-state index contributed by atoms with van der Waals surface area (Å²) in [5, 5.41) is 8.34. The SMILES string of the molecule is Cc1ccc(C(=O)Nc2ccn(Cc3c(Cl)cccc3Cl)n2)cc1C. The molecule has 1 N–H and O–H groups in total. The summed E-state index contributed by atoms with van der Waals surface area (Å²) < 4.78 is 1.68. The first kappa shape index (κ1) is 17.5. The van der Waals surface area contributed by atoms with Crippen LogP contribution in [0.5, 0.6) is 0 Å². The van der Waals surface area contributed by atoms with Gasteiger partial charge in [-0.2, -0.15) is 5.10 Å². The minimum atomic E-state index is -0.191. The van der Waals surface area contributed by atoms with Crippen molar-refractivity contribution in [3.8, 4) is 0 Å². The Morgan fingerprint density at radius 1 is 1.08 bits per heavy atom. The maximum atomic E-state index is 12.4. The lowest BCUT2D eigenvalue weighted by Crippen LogP contribution is -2.13. The number of rotatable bonds is 4. The predicted octanol–water partition coefficient (Wildman–Crippen LogP) is 5.11. The third-order valence-electron chi connectivity index (χ3n) is 4.03. The summed E-state index contributed by atoms with van der Waals surface area (Å²) >= 11 is 12.4. The zero-order valence-corrected chi connectivity index (χ0v) is 15.4. The highest BCUT2D eigenvalue weighted by molar-refractivity contribution is 6.35. The van der Waals surface area contributed by atoms with E-state index in [9.17, 15) is 4.79 Å². The Morgan fingerprint density at radius 3 is 2.48 bits per heavy atom. The summed E-state index contributed by atoms with van der Waals surface area (Å²) in [5.41, 5.74) is 3.62. The van der Waals surface area contributed by atoms with Gasteiger partial charge in [0.15, 0.2) is 5.82 Å². The van der Waals surface area contributed by atoms with Crippen molar-refractivity contribution >= 4 is 34.9 Å². The van der Waals surface area contributed by atoms with E-state index in [1.54, 1.807) is 41.2 Å². The maximum Gasteiger partial charge on any atom is 0.256 e. The Balaban J connectivity index is 1.73. The van der Waals surface area contributed by atoms with Crippen molar-refractivity contribution < 1.29 is 4.79 Å². The van der Waals surface area contributed by atoms with Crippen LogP contribution in [0.4, 0.5) is 5.82 Å². The largest absolute Gasteiger partial charge is 0.305 e. The van der Waals surface area contributed by atoms with Gasteiger partial charge in [0, 0.05) is 33.4 Å². The Bertz CT molecular complexity index is 914. The summed E-state index contributed by atoms with van der Waals surface area (Å²) in [6.07, 6.45) is 1.77. The van der Waals surface area contributed by atoms with E-state index in [1.165, 1.54) is 0 Å². The highest BCUT2D eigenvalue weighted by Gasteiger charge is 2.11. The van der Waals surface area contributed by atoms with Crippen molar-refractivity contribution in [1.29, 1.82) is 0 Å². The van der Waals surface area contributed by atoms with Crippen LogP contribution in [0.15, 0.2) is 48.7 Å². The van der Waals surface area contributed by atoms with Gasteiger partial charge in [-0.15, -0.1) is 0 Å². The molecule has 2 aromatic carbocycles. The van der Waals surface area contributed by atoms with Gasteiger partial charge in [0.05, 0.1) is 6.54 Å². The van der Waals surface area contributed by atoms with Crippen LogP contribution >= 0.6 is 23.2 Å². The number of halogens is 2. The average Bonchev–Trinajstić information content (AvgIpc) is 3.01. The molecule has 0 saturated heterocycles. The number of anilines is 1. The van der Waals surface area contributed by atoms with Crippen LogP contribution in [-0.4, -0.2) is 15.7 Å². The molecule has 128 valence electrons. The van der Waals surface area contributed by atoms with E-state index in [2.05, 4.69) is 10.4 Å². The van der Waals surface area contributed by atoms with Crippen molar-refractivity contribution in [2.24, 2.45) is 0 Å². The number of hydrogen-bond acceptors (Lipinski definition) is 2. The molecule has 0 radical (unpaired) electrons. The Kier molecular flexibility index (Phi) is 5.11. The molecule has 3 rings (SSSR count). The van der Waals surface area contributed by atoms with Gasteiger partial charge < -0.3 is 5.32 Å². The molecule has 0 aliphatic carbocycles. The second-order valence-corrected chi connectivity index (χ2v) is 6.67. The molecule has 0 aliphatic heterocycles. The third kappa shape index (κ3) is 4.03. The number of hydrogen-bond donors (Lipinski definition) is 1. The molecule has 0 bridgehead atoms. The van der Waals surface area contributed by atoms with E-state index in [4.69, 9.17) is 23.2 Å². The second kappa shape index (κ2) is 7.30. The molecule has 0 spiro atoms. The van der Waals surface area contributed by atoms with Crippen molar-refractivity contribution in [2.45, 2.75) is 20.4 Å². The van der Waals surface area contributed by atoms with Gasteiger partial charge in [-0.1, -0.05) is 35.3 Å². The number of aryl methyl sites for hydroxylation is 2. The molecule has 6 heteroatoms. The van der Waals surface area contributed by atoms with E-state index >= 15 is 0 Å². The Morgan fingerprint density at radius 2 is 1.80 bits per heavy atom. The lowest BCUT2D eigenvalue weighted by molar-refractivity contribution is 0.102. The number of aromatic nitrogens is 2. The predicted molar refractivity (Wildman–Crippen MR) is 102 cm³/mol. The highest BCUT2D eigenvalue weighted by Crippen LogP contribution is 2.25. The molecule has 4 nitrogen and oxygen atoms in total. The summed E-state index contributed by atoms with van der Waals surface area (Å²) in [7, 11) is 0. The van der Waals surface area contributed by atoms with Gasteiger partial charge in [-0.25, -0.2) is 0 Å². The van der Waals surface area contributed by atoms with Crippen LogP contribution in [-0.2, 0) is 6.54 Å². The number of amides is 1. The number of nitrogens with zero attached hydrogens (tertiary/aromatic N) is 2. The molecule has 1 heterocycles. The monoisotopic (exact) mass is 373 g/mol. The topological polar surface area (TPSA) is 46.9 Å². The normalized spacial score (nSPS) is 10.7. The van der Waals surface area contributed by atoms with E-state index in [1.807, 2.05) is 26.0 Å².